The molecule has 124 valence electrons. The zero-order valence-electron chi connectivity index (χ0n) is 13.8. The van der Waals surface area contributed by atoms with Crippen LogP contribution in [-0.4, -0.2) is 28.7 Å². The van der Waals surface area contributed by atoms with E-state index in [-0.39, 0.29) is 6.04 Å². The van der Waals surface area contributed by atoms with E-state index in [1.54, 1.807) is 19.6 Å². The van der Waals surface area contributed by atoms with Crippen LogP contribution in [0.25, 0.3) is 11.5 Å². The predicted molar refractivity (Wildman–Crippen MR) is 91.6 cm³/mol. The predicted octanol–water partition coefficient (Wildman–Crippen LogP) is 3.49. The van der Waals surface area contributed by atoms with E-state index in [1.807, 2.05) is 36.4 Å². The van der Waals surface area contributed by atoms with Crippen LogP contribution < -0.4 is 5.32 Å². The van der Waals surface area contributed by atoms with Crippen LogP contribution in [0.15, 0.2) is 53.3 Å². The van der Waals surface area contributed by atoms with Crippen molar-refractivity contribution in [3.63, 3.8) is 0 Å². The van der Waals surface area contributed by atoms with Gasteiger partial charge in [-0.2, -0.15) is 0 Å². The number of nitrogens with one attached hydrogen (secondary N) is 1. The number of ether oxygens (including phenoxy) is 1. The summed E-state index contributed by atoms with van der Waals surface area (Å²) in [6.07, 6.45) is 4.20. The third kappa shape index (κ3) is 3.78. The van der Waals surface area contributed by atoms with Crippen LogP contribution in [0.4, 0.5) is 5.82 Å². The highest BCUT2D eigenvalue weighted by Gasteiger charge is 2.16. The molecule has 1 atom stereocenters. The quantitative estimate of drug-likeness (QED) is 0.717. The first kappa shape index (κ1) is 16.1. The van der Waals surface area contributed by atoms with Crippen molar-refractivity contribution in [3.05, 3.63) is 60.3 Å². The largest absolute Gasteiger partial charge is 0.467 e. The smallest absolute Gasteiger partial charge is 0.180 e. The van der Waals surface area contributed by atoms with Crippen molar-refractivity contribution in [2.75, 3.05) is 19.0 Å². The molecule has 0 aromatic carbocycles. The van der Waals surface area contributed by atoms with Crippen LogP contribution >= 0.6 is 0 Å². The lowest BCUT2D eigenvalue weighted by molar-refractivity contribution is 0.178. The van der Waals surface area contributed by atoms with Crippen molar-refractivity contribution in [2.24, 2.45) is 0 Å². The summed E-state index contributed by atoms with van der Waals surface area (Å²) < 4.78 is 10.8. The standard InChI is InChI=1S/C18H20N4O2/c1-3-13-11-17(21-15(12-23-2)16-8-6-10-24-16)22-18(20-13)14-7-4-5-9-19-14/h4-11,15H,3,12H2,1-2H3,(H,20,21,22). The second kappa shape index (κ2) is 7.70. The summed E-state index contributed by atoms with van der Waals surface area (Å²) in [7, 11) is 1.66. The van der Waals surface area contributed by atoms with Crippen molar-refractivity contribution in [1.29, 1.82) is 0 Å². The van der Waals surface area contributed by atoms with Crippen LogP contribution in [-0.2, 0) is 11.2 Å². The van der Waals surface area contributed by atoms with E-state index in [2.05, 4.69) is 27.2 Å². The molecule has 0 bridgehead atoms. The van der Waals surface area contributed by atoms with Gasteiger partial charge in [0.2, 0.25) is 0 Å². The lowest BCUT2D eigenvalue weighted by Crippen LogP contribution is -2.17. The van der Waals surface area contributed by atoms with Crippen molar-refractivity contribution >= 4 is 5.82 Å². The average molecular weight is 324 g/mol. The third-order valence-corrected chi connectivity index (χ3v) is 3.58. The molecule has 0 fully saturated rings. The molecule has 24 heavy (non-hydrogen) atoms. The van der Waals surface area contributed by atoms with Crippen molar-refractivity contribution in [2.45, 2.75) is 19.4 Å². The van der Waals surface area contributed by atoms with E-state index in [1.165, 1.54) is 0 Å². The van der Waals surface area contributed by atoms with Gasteiger partial charge in [-0.25, -0.2) is 9.97 Å². The zero-order valence-corrected chi connectivity index (χ0v) is 13.8. The SMILES string of the molecule is CCc1cc(NC(COC)c2ccco2)nc(-c2ccccn2)n1. The molecule has 0 saturated heterocycles. The summed E-state index contributed by atoms with van der Waals surface area (Å²) in [4.78, 5) is 13.5. The van der Waals surface area contributed by atoms with Gasteiger partial charge in [-0.1, -0.05) is 13.0 Å². The first-order chi connectivity index (χ1) is 11.8. The van der Waals surface area contributed by atoms with E-state index in [0.29, 0.717) is 12.4 Å². The minimum absolute atomic E-state index is 0.124. The number of pyridine rings is 1. The Kier molecular flexibility index (Phi) is 5.18. The van der Waals surface area contributed by atoms with Crippen molar-refractivity contribution in [1.82, 2.24) is 15.0 Å². The van der Waals surface area contributed by atoms with Gasteiger partial charge in [0, 0.05) is 25.1 Å². The molecule has 3 rings (SSSR count). The molecule has 0 saturated carbocycles. The lowest BCUT2D eigenvalue weighted by atomic mass is 10.2. The maximum absolute atomic E-state index is 5.49. The molecule has 1 N–H and O–H groups in total. The average Bonchev–Trinajstić information content (AvgIpc) is 3.16. The Balaban J connectivity index is 1.92. The number of nitrogens with zero attached hydrogens (tertiary/aromatic N) is 3. The van der Waals surface area contributed by atoms with Gasteiger partial charge in [0.15, 0.2) is 5.82 Å². The molecular formula is C18H20N4O2. The van der Waals surface area contributed by atoms with Crippen LogP contribution in [0.1, 0.15) is 24.4 Å². The highest BCUT2D eigenvalue weighted by molar-refractivity contribution is 5.53. The number of furan rings is 1. The van der Waals surface area contributed by atoms with Crippen LogP contribution in [0, 0.1) is 0 Å². The molecule has 0 radical (unpaired) electrons. The molecule has 3 aromatic rings. The summed E-state index contributed by atoms with van der Waals surface area (Å²) in [6, 6.07) is 11.3. The number of rotatable bonds is 7. The molecule has 0 aliphatic rings. The summed E-state index contributed by atoms with van der Waals surface area (Å²) in [5.41, 5.74) is 1.70. The molecular weight excluding hydrogens is 304 g/mol. The van der Waals surface area contributed by atoms with Gasteiger partial charge in [0.1, 0.15) is 23.3 Å². The van der Waals surface area contributed by atoms with Crippen molar-refractivity contribution in [3.8, 4) is 11.5 Å². The molecule has 0 aliphatic carbocycles. The zero-order chi connectivity index (χ0) is 16.8. The maximum atomic E-state index is 5.49. The fraction of sp³-hybridized carbons (Fsp3) is 0.278. The first-order valence-electron chi connectivity index (χ1n) is 7.88. The number of anilines is 1. The van der Waals surface area contributed by atoms with Gasteiger partial charge in [-0.3, -0.25) is 4.98 Å². The Bertz CT molecular complexity index is 760. The monoisotopic (exact) mass is 324 g/mol. The topological polar surface area (TPSA) is 73.1 Å². The fourth-order valence-corrected chi connectivity index (χ4v) is 2.39. The van der Waals surface area contributed by atoms with E-state index in [0.717, 1.165) is 29.4 Å². The molecule has 1 unspecified atom stereocenters. The molecule has 0 spiro atoms. The molecule has 6 nitrogen and oxygen atoms in total. The van der Waals surface area contributed by atoms with Crippen molar-refractivity contribution < 1.29 is 9.15 Å². The van der Waals surface area contributed by atoms with E-state index < -0.39 is 0 Å². The summed E-state index contributed by atoms with van der Waals surface area (Å²) in [5.74, 6) is 2.13. The first-order valence-corrected chi connectivity index (χ1v) is 7.88. The highest BCUT2D eigenvalue weighted by atomic mass is 16.5. The van der Waals surface area contributed by atoms with Gasteiger partial charge in [0.25, 0.3) is 0 Å². The molecule has 0 amide bonds. The summed E-state index contributed by atoms with van der Waals surface area (Å²) in [5, 5.41) is 3.37. The molecule has 3 heterocycles. The third-order valence-electron chi connectivity index (χ3n) is 3.58. The number of aryl methyl sites for hydroxylation is 1. The minimum atomic E-state index is -0.124. The van der Waals surface area contributed by atoms with Gasteiger partial charge < -0.3 is 14.5 Å². The van der Waals surface area contributed by atoms with E-state index >= 15 is 0 Å². The number of methoxy groups -OCH3 is 1. The molecule has 0 aliphatic heterocycles. The number of hydrogen-bond donors (Lipinski definition) is 1. The fourth-order valence-electron chi connectivity index (χ4n) is 2.39. The Morgan fingerprint density at radius 3 is 2.79 bits per heavy atom. The second-order valence-electron chi connectivity index (χ2n) is 5.30. The highest BCUT2D eigenvalue weighted by Crippen LogP contribution is 2.22. The number of hydrogen-bond acceptors (Lipinski definition) is 6. The lowest BCUT2D eigenvalue weighted by Gasteiger charge is -2.17. The minimum Gasteiger partial charge on any atom is -0.467 e. The summed E-state index contributed by atoms with van der Waals surface area (Å²) >= 11 is 0. The number of aromatic nitrogens is 3. The summed E-state index contributed by atoms with van der Waals surface area (Å²) in [6.45, 7) is 2.53. The maximum Gasteiger partial charge on any atom is 0.180 e. The second-order valence-corrected chi connectivity index (χ2v) is 5.30. The van der Waals surface area contributed by atoms with E-state index in [4.69, 9.17) is 9.15 Å². The van der Waals surface area contributed by atoms with Gasteiger partial charge in [0.05, 0.1) is 12.9 Å². The van der Waals surface area contributed by atoms with Crippen LogP contribution in [0.5, 0.6) is 0 Å². The Morgan fingerprint density at radius 2 is 2.12 bits per heavy atom. The molecule has 6 heteroatoms. The van der Waals surface area contributed by atoms with Gasteiger partial charge in [-0.15, -0.1) is 0 Å². The molecule has 3 aromatic heterocycles. The Hall–Kier alpha value is -2.73. The normalized spacial score (nSPS) is 12.1. The van der Waals surface area contributed by atoms with Gasteiger partial charge >= 0.3 is 0 Å². The van der Waals surface area contributed by atoms with Crippen LogP contribution in [0.3, 0.4) is 0 Å². The van der Waals surface area contributed by atoms with E-state index in [9.17, 15) is 0 Å². The van der Waals surface area contributed by atoms with Gasteiger partial charge in [-0.05, 0) is 30.7 Å². The Labute approximate surface area is 140 Å². The Morgan fingerprint density at radius 1 is 1.21 bits per heavy atom. The van der Waals surface area contributed by atoms with Crippen LogP contribution in [0.2, 0.25) is 0 Å².